The second-order valence-corrected chi connectivity index (χ2v) is 8.82. The van der Waals surface area contributed by atoms with E-state index in [1.165, 1.54) is 37.2 Å². The third kappa shape index (κ3) is 6.26. The minimum atomic E-state index is -2.78. The molecule has 8 heteroatoms. The fourth-order valence-electron chi connectivity index (χ4n) is 3.65. The van der Waals surface area contributed by atoms with Crippen LogP contribution in [0.5, 0.6) is 5.75 Å². The van der Waals surface area contributed by atoms with Crippen LogP contribution in [0, 0.1) is 11.3 Å². The number of aromatic nitrogens is 2. The highest BCUT2D eigenvalue weighted by molar-refractivity contribution is 7.98. The van der Waals surface area contributed by atoms with E-state index in [2.05, 4.69) is 16.0 Å². The van der Waals surface area contributed by atoms with Gasteiger partial charge in [0.1, 0.15) is 22.5 Å². The number of halogens is 2. The number of alkyl halides is 2. The lowest BCUT2D eigenvalue weighted by molar-refractivity contribution is 0.104. The van der Waals surface area contributed by atoms with Gasteiger partial charge < -0.3 is 4.74 Å². The molecule has 0 aliphatic heterocycles. The first kappa shape index (κ1) is 25.7. The molecule has 0 N–H and O–H groups in total. The maximum atomic E-state index is 13.7. The van der Waals surface area contributed by atoms with Crippen LogP contribution in [0.2, 0.25) is 0 Å². The number of hydrogen-bond acceptors (Lipinski definition) is 6. The van der Waals surface area contributed by atoms with Gasteiger partial charge in [-0.05, 0) is 47.5 Å². The molecule has 0 unspecified atom stereocenters. The number of allylic oxidation sites excluding steroid dienone is 1. The molecular weight excluding hydrogens is 492 g/mol. The minimum Gasteiger partial charge on any atom is -0.496 e. The van der Waals surface area contributed by atoms with E-state index in [1.54, 1.807) is 54.7 Å². The number of hydrogen-bond donors (Lipinski definition) is 0. The fraction of sp³-hybridized carbons (Fsp3) is 0.103. The van der Waals surface area contributed by atoms with E-state index in [1.807, 2.05) is 18.2 Å². The largest absolute Gasteiger partial charge is 0.496 e. The standard InChI is InChI=1S/C29H21F2N3O2S/c1-36-27-12-10-19(9-11-26(35)21-8-5-13-33-17-21)14-22(27)18-37-29-24(16-32)23(15-25(34-29)28(30)31)20-6-3-2-4-7-20/h2-15,17,28H,18H2,1H3/b11-9+. The minimum absolute atomic E-state index is 0.181. The SMILES string of the molecule is COc1ccc(/C=C/C(=O)c2cccnc2)cc1CSc1nc(C(F)F)cc(-c2ccccc2)c1C#N. The van der Waals surface area contributed by atoms with Gasteiger partial charge in [-0.2, -0.15) is 5.26 Å². The Morgan fingerprint density at radius 1 is 1.14 bits per heavy atom. The van der Waals surface area contributed by atoms with Crippen molar-refractivity contribution in [2.75, 3.05) is 7.11 Å². The van der Waals surface area contributed by atoms with Crippen molar-refractivity contribution in [3.63, 3.8) is 0 Å². The second kappa shape index (κ2) is 12.1. The molecule has 0 saturated carbocycles. The number of nitrogens with zero attached hydrogens (tertiary/aromatic N) is 3. The zero-order chi connectivity index (χ0) is 26.2. The molecule has 0 spiro atoms. The molecule has 0 bridgehead atoms. The van der Waals surface area contributed by atoms with Crippen molar-refractivity contribution in [3.05, 3.63) is 113 Å². The van der Waals surface area contributed by atoms with Crippen LogP contribution >= 0.6 is 11.8 Å². The summed E-state index contributed by atoms with van der Waals surface area (Å²) in [7, 11) is 1.54. The van der Waals surface area contributed by atoms with E-state index in [0.717, 1.165) is 11.1 Å². The monoisotopic (exact) mass is 513 g/mol. The van der Waals surface area contributed by atoms with Crippen molar-refractivity contribution in [1.82, 2.24) is 9.97 Å². The lowest BCUT2D eigenvalue weighted by Crippen LogP contribution is -2.00. The lowest BCUT2D eigenvalue weighted by atomic mass is 10.0. The molecule has 0 saturated heterocycles. The highest BCUT2D eigenvalue weighted by Crippen LogP contribution is 2.36. The van der Waals surface area contributed by atoms with Crippen molar-refractivity contribution < 1.29 is 18.3 Å². The predicted molar refractivity (Wildman–Crippen MR) is 140 cm³/mol. The number of ether oxygens (including phenoxy) is 1. The zero-order valence-electron chi connectivity index (χ0n) is 19.8. The van der Waals surface area contributed by atoms with Gasteiger partial charge in [0, 0.05) is 34.8 Å². The Labute approximate surface area is 217 Å². The topological polar surface area (TPSA) is 75.9 Å². The number of thioether (sulfide) groups is 1. The van der Waals surface area contributed by atoms with Crippen molar-refractivity contribution >= 4 is 23.6 Å². The van der Waals surface area contributed by atoms with Gasteiger partial charge in [-0.25, -0.2) is 13.8 Å². The summed E-state index contributed by atoms with van der Waals surface area (Å²) in [6.07, 6.45) is 3.46. The van der Waals surface area contributed by atoms with E-state index in [-0.39, 0.29) is 16.4 Å². The summed E-state index contributed by atoms with van der Waals surface area (Å²) >= 11 is 1.18. The van der Waals surface area contributed by atoms with Gasteiger partial charge in [0.25, 0.3) is 6.43 Å². The van der Waals surface area contributed by atoms with E-state index in [9.17, 15) is 18.8 Å². The van der Waals surface area contributed by atoms with Crippen LogP contribution in [-0.2, 0) is 5.75 Å². The van der Waals surface area contributed by atoms with E-state index in [0.29, 0.717) is 28.2 Å². The van der Waals surface area contributed by atoms with Crippen LogP contribution in [0.4, 0.5) is 8.78 Å². The Bertz CT molecular complexity index is 1470. The van der Waals surface area contributed by atoms with Gasteiger partial charge in [-0.1, -0.05) is 42.5 Å². The highest BCUT2D eigenvalue weighted by atomic mass is 32.2. The zero-order valence-corrected chi connectivity index (χ0v) is 20.6. The number of carbonyl (C=O) groups excluding carboxylic acids is 1. The summed E-state index contributed by atoms with van der Waals surface area (Å²) in [4.78, 5) is 20.4. The first-order chi connectivity index (χ1) is 18.0. The normalized spacial score (nSPS) is 11.0. The number of ketones is 1. The summed E-state index contributed by atoms with van der Waals surface area (Å²) < 4.78 is 32.8. The Hall–Kier alpha value is -4.35. The molecule has 0 radical (unpaired) electrons. The Kier molecular flexibility index (Phi) is 8.39. The summed E-state index contributed by atoms with van der Waals surface area (Å²) in [5.74, 6) is 0.722. The Morgan fingerprint density at radius 2 is 1.95 bits per heavy atom. The summed E-state index contributed by atoms with van der Waals surface area (Å²) in [5, 5.41) is 10.1. The predicted octanol–water partition coefficient (Wildman–Crippen LogP) is 7.15. The van der Waals surface area contributed by atoms with Crippen LogP contribution in [0.25, 0.3) is 17.2 Å². The number of rotatable bonds is 9. The number of pyridine rings is 2. The van der Waals surface area contributed by atoms with Gasteiger partial charge >= 0.3 is 0 Å². The maximum Gasteiger partial charge on any atom is 0.280 e. The van der Waals surface area contributed by atoms with E-state index < -0.39 is 12.1 Å². The average molecular weight is 514 g/mol. The first-order valence-electron chi connectivity index (χ1n) is 11.2. The molecule has 2 aromatic carbocycles. The first-order valence-corrected chi connectivity index (χ1v) is 12.2. The third-order valence-electron chi connectivity index (χ3n) is 5.47. The molecule has 0 fully saturated rings. The maximum absolute atomic E-state index is 13.7. The van der Waals surface area contributed by atoms with Crippen LogP contribution in [0.1, 0.15) is 39.2 Å². The van der Waals surface area contributed by atoms with Crippen LogP contribution in [0.3, 0.4) is 0 Å². The Balaban J connectivity index is 1.63. The van der Waals surface area contributed by atoms with Gasteiger partial charge in [-0.15, -0.1) is 11.8 Å². The highest BCUT2D eigenvalue weighted by Gasteiger charge is 2.19. The molecular formula is C29H21F2N3O2S. The summed E-state index contributed by atoms with van der Waals surface area (Å²) in [6.45, 7) is 0. The molecule has 2 heterocycles. The van der Waals surface area contributed by atoms with Crippen LogP contribution in [0.15, 0.2) is 90.2 Å². The number of benzene rings is 2. The average Bonchev–Trinajstić information content (AvgIpc) is 2.95. The molecule has 4 rings (SSSR count). The molecule has 0 atom stereocenters. The Morgan fingerprint density at radius 3 is 2.62 bits per heavy atom. The molecule has 4 aromatic rings. The third-order valence-corrected chi connectivity index (χ3v) is 6.49. The van der Waals surface area contributed by atoms with Crippen molar-refractivity contribution in [1.29, 1.82) is 5.26 Å². The smallest absolute Gasteiger partial charge is 0.280 e. The molecule has 37 heavy (non-hydrogen) atoms. The number of carbonyl (C=O) groups is 1. The van der Waals surface area contributed by atoms with Gasteiger partial charge in [0.05, 0.1) is 12.7 Å². The van der Waals surface area contributed by atoms with Gasteiger partial charge in [-0.3, -0.25) is 9.78 Å². The second-order valence-electron chi connectivity index (χ2n) is 7.85. The van der Waals surface area contributed by atoms with E-state index >= 15 is 0 Å². The number of methoxy groups -OCH3 is 1. The molecule has 0 amide bonds. The number of nitriles is 1. The molecule has 184 valence electrons. The van der Waals surface area contributed by atoms with Crippen molar-refractivity contribution in [3.8, 4) is 22.9 Å². The van der Waals surface area contributed by atoms with Crippen molar-refractivity contribution in [2.24, 2.45) is 0 Å². The molecule has 5 nitrogen and oxygen atoms in total. The quantitative estimate of drug-likeness (QED) is 0.134. The fourth-order valence-corrected chi connectivity index (χ4v) is 4.64. The summed E-state index contributed by atoms with van der Waals surface area (Å²) in [6, 6.07) is 21.2. The molecule has 0 aliphatic carbocycles. The summed E-state index contributed by atoms with van der Waals surface area (Å²) in [5.41, 5.74) is 2.91. The van der Waals surface area contributed by atoms with Crippen molar-refractivity contribution in [2.45, 2.75) is 17.2 Å². The van der Waals surface area contributed by atoms with E-state index in [4.69, 9.17) is 4.74 Å². The van der Waals surface area contributed by atoms with Gasteiger partial charge in [0.2, 0.25) is 0 Å². The van der Waals surface area contributed by atoms with Crippen LogP contribution in [-0.4, -0.2) is 22.9 Å². The molecule has 0 aliphatic rings. The molecule has 2 aromatic heterocycles. The van der Waals surface area contributed by atoms with Crippen LogP contribution < -0.4 is 4.74 Å². The lowest BCUT2D eigenvalue weighted by Gasteiger charge is -2.13. The van der Waals surface area contributed by atoms with Gasteiger partial charge in [0.15, 0.2) is 5.78 Å².